The third-order valence-corrected chi connectivity index (χ3v) is 2.93. The normalized spacial score (nSPS) is 15.7. The fourth-order valence-corrected chi connectivity index (χ4v) is 2.08. The van der Waals surface area contributed by atoms with E-state index in [1.165, 1.54) is 4.72 Å². The predicted octanol–water partition coefficient (Wildman–Crippen LogP) is -0.112. The van der Waals surface area contributed by atoms with Crippen molar-refractivity contribution < 1.29 is 26.8 Å². The first-order valence-corrected chi connectivity index (χ1v) is 6.40. The zero-order chi connectivity index (χ0) is 14.4. The van der Waals surface area contributed by atoms with Gasteiger partial charge in [-0.1, -0.05) is 18.5 Å². The molecule has 5 N–H and O–H groups in total. The van der Waals surface area contributed by atoms with Gasteiger partial charge in [-0.25, -0.2) is 0 Å². The van der Waals surface area contributed by atoms with Crippen LogP contribution in [-0.2, 0) is 10.2 Å². The maximum Gasteiger partial charge on any atom is 0.402 e. The minimum atomic E-state index is -4.66. The van der Waals surface area contributed by atoms with E-state index in [-0.39, 0.29) is 6.42 Å². The number of hydrogen-bond acceptors (Lipinski definition) is 4. The molecule has 11 heteroatoms. The molecule has 1 unspecified atom stereocenters. The minimum absolute atomic E-state index is 0.183. The first-order valence-electron chi connectivity index (χ1n) is 4.92. The van der Waals surface area contributed by atoms with Crippen molar-refractivity contribution in [2.45, 2.75) is 32.0 Å². The van der Waals surface area contributed by atoms with Crippen LogP contribution in [0.15, 0.2) is 5.16 Å². The molecule has 0 spiro atoms. The summed E-state index contributed by atoms with van der Waals surface area (Å²) >= 11 is 0. The van der Waals surface area contributed by atoms with Crippen LogP contribution in [0.25, 0.3) is 0 Å². The quantitative estimate of drug-likeness (QED) is 0.227. The van der Waals surface area contributed by atoms with Crippen LogP contribution in [0.5, 0.6) is 0 Å². The third-order valence-electron chi connectivity index (χ3n) is 1.81. The molecule has 0 bridgehead atoms. The molecule has 0 aromatic rings. The van der Waals surface area contributed by atoms with Crippen molar-refractivity contribution in [3.8, 4) is 0 Å². The largest absolute Gasteiger partial charge is 0.409 e. The Balaban J connectivity index is 4.62. The number of hydrogen-bond donors (Lipinski definition) is 4. The van der Waals surface area contributed by atoms with Gasteiger partial charge in [-0.3, -0.25) is 0 Å². The number of halogens is 3. The van der Waals surface area contributed by atoms with Crippen molar-refractivity contribution in [3.05, 3.63) is 0 Å². The summed E-state index contributed by atoms with van der Waals surface area (Å²) in [6.07, 6.45) is -3.99. The molecule has 0 aromatic heterocycles. The van der Waals surface area contributed by atoms with Gasteiger partial charge in [-0.2, -0.15) is 31.0 Å². The molecular formula is C7H15F3N4O3S. The maximum atomic E-state index is 11.9. The smallest absolute Gasteiger partial charge is 0.402 e. The summed E-state index contributed by atoms with van der Waals surface area (Å²) in [5.74, 6) is -0.422. The predicted molar refractivity (Wildman–Crippen MR) is 58.2 cm³/mol. The summed E-state index contributed by atoms with van der Waals surface area (Å²) in [6.45, 7) is 0.00640. The number of alkyl halides is 3. The van der Waals surface area contributed by atoms with Crippen molar-refractivity contribution in [2.24, 2.45) is 10.9 Å². The zero-order valence-corrected chi connectivity index (χ0v) is 10.3. The summed E-state index contributed by atoms with van der Waals surface area (Å²) in [7, 11) is -4.38. The number of nitrogens with one attached hydrogen (secondary N) is 2. The zero-order valence-electron chi connectivity index (χ0n) is 9.53. The molecule has 0 saturated carbocycles. The molecule has 0 aliphatic rings. The lowest BCUT2D eigenvalue weighted by Gasteiger charge is -2.17. The summed E-state index contributed by atoms with van der Waals surface area (Å²) < 4.78 is 61.3. The molecule has 0 amide bonds. The Kier molecular flexibility index (Phi) is 6.35. The summed E-state index contributed by atoms with van der Waals surface area (Å²) in [5, 5.41) is 11.0. The molecule has 0 fully saturated rings. The summed E-state index contributed by atoms with van der Waals surface area (Å²) in [6, 6.07) is -1.06. The van der Waals surface area contributed by atoms with Crippen LogP contribution in [0.4, 0.5) is 13.2 Å². The second kappa shape index (κ2) is 6.75. The SMILES string of the molecule is CCCC(NS(=O)(=O)NCC(F)(F)F)C(N)=NO. The first-order chi connectivity index (χ1) is 8.11. The highest BCUT2D eigenvalue weighted by Gasteiger charge is 2.30. The maximum absolute atomic E-state index is 11.9. The number of nitrogens with two attached hydrogens (primary N) is 1. The van der Waals surface area contributed by atoms with Crippen LogP contribution in [0, 0.1) is 0 Å². The fraction of sp³-hybridized carbons (Fsp3) is 0.857. The molecule has 0 aliphatic heterocycles. The lowest BCUT2D eigenvalue weighted by Crippen LogP contribution is -2.50. The van der Waals surface area contributed by atoms with Crippen LogP contribution >= 0.6 is 0 Å². The van der Waals surface area contributed by atoms with E-state index in [2.05, 4.69) is 5.16 Å². The molecule has 0 aromatic carbocycles. The molecule has 0 rings (SSSR count). The molecule has 7 nitrogen and oxygen atoms in total. The van der Waals surface area contributed by atoms with Crippen molar-refractivity contribution >= 4 is 16.0 Å². The summed E-state index contributed by atoms with van der Waals surface area (Å²) in [4.78, 5) is 0. The lowest BCUT2D eigenvalue weighted by atomic mass is 10.2. The molecule has 0 heterocycles. The van der Waals surface area contributed by atoms with Gasteiger partial charge in [0, 0.05) is 0 Å². The van der Waals surface area contributed by atoms with Gasteiger partial charge in [-0.15, -0.1) is 0 Å². The van der Waals surface area contributed by atoms with Gasteiger partial charge in [0.05, 0.1) is 6.04 Å². The van der Waals surface area contributed by atoms with E-state index in [9.17, 15) is 21.6 Å². The molecule has 18 heavy (non-hydrogen) atoms. The van der Waals surface area contributed by atoms with Crippen LogP contribution in [-0.4, -0.2) is 38.2 Å². The highest BCUT2D eigenvalue weighted by Crippen LogP contribution is 2.12. The number of nitrogens with zero attached hydrogens (tertiary/aromatic N) is 1. The highest BCUT2D eigenvalue weighted by atomic mass is 32.2. The highest BCUT2D eigenvalue weighted by molar-refractivity contribution is 7.87. The molecule has 0 saturated heterocycles. The van der Waals surface area contributed by atoms with Gasteiger partial charge in [0.2, 0.25) is 0 Å². The van der Waals surface area contributed by atoms with Gasteiger partial charge in [0.1, 0.15) is 6.54 Å². The molecular weight excluding hydrogens is 277 g/mol. The second-order valence-electron chi connectivity index (χ2n) is 3.42. The van der Waals surface area contributed by atoms with Gasteiger partial charge < -0.3 is 10.9 Å². The number of rotatable bonds is 7. The van der Waals surface area contributed by atoms with Gasteiger partial charge in [0.25, 0.3) is 10.2 Å². The van der Waals surface area contributed by atoms with Crippen molar-refractivity contribution in [3.63, 3.8) is 0 Å². The lowest BCUT2D eigenvalue weighted by molar-refractivity contribution is -0.121. The average molecular weight is 292 g/mol. The Morgan fingerprint density at radius 3 is 2.44 bits per heavy atom. The van der Waals surface area contributed by atoms with Gasteiger partial charge in [-0.05, 0) is 6.42 Å². The van der Waals surface area contributed by atoms with Crippen LogP contribution < -0.4 is 15.2 Å². The van der Waals surface area contributed by atoms with Gasteiger partial charge in [0.15, 0.2) is 5.84 Å². The van der Waals surface area contributed by atoms with Crippen LogP contribution in [0.2, 0.25) is 0 Å². The monoisotopic (exact) mass is 292 g/mol. The Morgan fingerprint density at radius 1 is 1.50 bits per heavy atom. The van der Waals surface area contributed by atoms with Crippen molar-refractivity contribution in [1.29, 1.82) is 0 Å². The van der Waals surface area contributed by atoms with E-state index in [1.807, 2.05) is 4.72 Å². The Labute approximate surface area is 102 Å². The van der Waals surface area contributed by atoms with E-state index in [1.54, 1.807) is 6.92 Å². The van der Waals surface area contributed by atoms with E-state index in [0.717, 1.165) is 0 Å². The second-order valence-corrected chi connectivity index (χ2v) is 4.95. The molecule has 0 aliphatic carbocycles. The minimum Gasteiger partial charge on any atom is -0.409 e. The standard InChI is InChI=1S/C7H15F3N4O3S/c1-2-3-5(6(11)13-15)14-18(16,17)12-4-7(8,9)10/h5,12,14-15H,2-4H2,1H3,(H2,11,13). The third kappa shape index (κ3) is 7.29. The van der Waals surface area contributed by atoms with Crippen LogP contribution in [0.3, 0.4) is 0 Å². The van der Waals surface area contributed by atoms with E-state index < -0.39 is 34.8 Å². The average Bonchev–Trinajstić information content (AvgIpc) is 2.24. The Hall–Kier alpha value is -1.07. The van der Waals surface area contributed by atoms with Crippen molar-refractivity contribution in [1.82, 2.24) is 9.44 Å². The van der Waals surface area contributed by atoms with Crippen molar-refractivity contribution in [2.75, 3.05) is 6.54 Å². The van der Waals surface area contributed by atoms with Gasteiger partial charge >= 0.3 is 6.18 Å². The van der Waals surface area contributed by atoms with E-state index >= 15 is 0 Å². The molecule has 0 radical (unpaired) electrons. The molecule has 108 valence electrons. The fourth-order valence-electron chi connectivity index (χ4n) is 1.03. The van der Waals surface area contributed by atoms with Crippen LogP contribution in [0.1, 0.15) is 19.8 Å². The first kappa shape index (κ1) is 16.9. The Bertz CT molecular complexity index is 382. The molecule has 1 atom stereocenters. The number of oxime groups is 1. The Morgan fingerprint density at radius 2 is 2.06 bits per heavy atom. The number of amidine groups is 1. The topological polar surface area (TPSA) is 117 Å². The summed E-state index contributed by atoms with van der Waals surface area (Å²) in [5.41, 5.74) is 5.22. The van der Waals surface area contributed by atoms with E-state index in [4.69, 9.17) is 10.9 Å². The van der Waals surface area contributed by atoms with E-state index in [0.29, 0.717) is 6.42 Å².